The molecule has 1 aromatic carbocycles. The van der Waals surface area contributed by atoms with Crippen molar-refractivity contribution in [2.75, 3.05) is 19.5 Å². The number of hydrogen-bond acceptors (Lipinski definition) is 6. The number of fused-ring (bicyclic) bond motifs is 1. The Morgan fingerprint density at radius 2 is 2.00 bits per heavy atom. The largest absolute Gasteiger partial charge is 0.493 e. The zero-order valence-corrected chi connectivity index (χ0v) is 15.5. The minimum atomic E-state index is -0.361. The highest BCUT2D eigenvalue weighted by Crippen LogP contribution is 2.28. The molecule has 1 aliphatic rings. The van der Waals surface area contributed by atoms with E-state index in [4.69, 9.17) is 9.47 Å². The van der Waals surface area contributed by atoms with Gasteiger partial charge in [-0.25, -0.2) is 9.97 Å². The van der Waals surface area contributed by atoms with Crippen molar-refractivity contribution in [1.29, 1.82) is 0 Å². The number of ether oxygens (including phenoxy) is 2. The maximum atomic E-state index is 12.2. The highest BCUT2D eigenvalue weighted by molar-refractivity contribution is 6.01. The number of ketones is 1. The second-order valence-electron chi connectivity index (χ2n) is 6.43. The Kier molecular flexibility index (Phi) is 5.49. The molecule has 1 aromatic heterocycles. The van der Waals surface area contributed by atoms with E-state index in [0.717, 1.165) is 5.56 Å². The van der Waals surface area contributed by atoms with Crippen molar-refractivity contribution in [2.24, 2.45) is 5.92 Å². The number of nitrogens with one attached hydrogen (secondary N) is 1. The van der Waals surface area contributed by atoms with Gasteiger partial charge in [-0.15, -0.1) is 0 Å². The standard InChI is InChI=1S/C20H21N3O4/c1-12-8-15-14(16(24)9-12)11-21-20(22-15)23-19(25)7-5-13-4-6-17(26-2)18(10-13)27-3/h4-7,10-12H,8-9H2,1-3H3,(H,21,22,23,25)/b7-5+/t12-/m0/s1. The summed E-state index contributed by atoms with van der Waals surface area (Å²) in [6.45, 7) is 2.01. The van der Waals surface area contributed by atoms with Crippen LogP contribution in [0.1, 0.15) is 35.0 Å². The quantitative estimate of drug-likeness (QED) is 0.817. The maximum Gasteiger partial charge on any atom is 0.250 e. The molecule has 2 aromatic rings. The minimum absolute atomic E-state index is 0.0509. The molecule has 0 aliphatic heterocycles. The molecule has 27 heavy (non-hydrogen) atoms. The molecule has 0 bridgehead atoms. The highest BCUT2D eigenvalue weighted by Gasteiger charge is 2.24. The Labute approximate surface area is 157 Å². The van der Waals surface area contributed by atoms with Gasteiger partial charge in [0.2, 0.25) is 5.95 Å². The molecule has 0 fully saturated rings. The number of carbonyl (C=O) groups excluding carboxylic acids is 2. The van der Waals surface area contributed by atoms with Crippen LogP contribution >= 0.6 is 0 Å². The van der Waals surface area contributed by atoms with Gasteiger partial charge in [0.15, 0.2) is 17.3 Å². The first-order valence-electron chi connectivity index (χ1n) is 8.60. The summed E-state index contributed by atoms with van der Waals surface area (Å²) in [4.78, 5) is 32.6. The first kappa shape index (κ1) is 18.6. The van der Waals surface area contributed by atoms with Crippen molar-refractivity contribution in [1.82, 2.24) is 9.97 Å². The molecule has 1 aliphatic carbocycles. The normalized spacial score (nSPS) is 16.1. The van der Waals surface area contributed by atoms with Crippen LogP contribution in [0.5, 0.6) is 11.5 Å². The van der Waals surface area contributed by atoms with E-state index in [1.54, 1.807) is 32.4 Å². The summed E-state index contributed by atoms with van der Waals surface area (Å²) in [5.74, 6) is 1.32. The van der Waals surface area contributed by atoms with Crippen LogP contribution in [-0.4, -0.2) is 35.9 Å². The van der Waals surface area contributed by atoms with Crippen molar-refractivity contribution >= 4 is 23.7 Å². The average Bonchev–Trinajstić information content (AvgIpc) is 2.65. The second kappa shape index (κ2) is 7.99. The summed E-state index contributed by atoms with van der Waals surface area (Å²) in [5.41, 5.74) is 2.02. The molecule has 0 saturated heterocycles. The predicted octanol–water partition coefficient (Wildman–Crippen LogP) is 2.91. The van der Waals surface area contributed by atoms with Crippen LogP contribution < -0.4 is 14.8 Å². The fourth-order valence-corrected chi connectivity index (χ4v) is 2.97. The number of carbonyl (C=O) groups is 2. The molecule has 1 atom stereocenters. The Morgan fingerprint density at radius 1 is 1.22 bits per heavy atom. The molecule has 0 spiro atoms. The van der Waals surface area contributed by atoms with Gasteiger partial charge in [-0.1, -0.05) is 13.0 Å². The van der Waals surface area contributed by atoms with Gasteiger partial charge in [0, 0.05) is 18.7 Å². The van der Waals surface area contributed by atoms with Gasteiger partial charge in [0.1, 0.15) is 0 Å². The third-order valence-electron chi connectivity index (χ3n) is 4.31. The highest BCUT2D eigenvalue weighted by atomic mass is 16.5. The molecule has 3 rings (SSSR count). The summed E-state index contributed by atoms with van der Waals surface area (Å²) in [6, 6.07) is 5.35. The van der Waals surface area contributed by atoms with Gasteiger partial charge in [-0.3, -0.25) is 14.9 Å². The molecule has 140 valence electrons. The Balaban J connectivity index is 1.70. The lowest BCUT2D eigenvalue weighted by Crippen LogP contribution is -2.21. The third-order valence-corrected chi connectivity index (χ3v) is 4.31. The number of benzene rings is 1. The number of hydrogen-bond donors (Lipinski definition) is 1. The van der Waals surface area contributed by atoms with Crippen LogP contribution in [-0.2, 0) is 11.2 Å². The monoisotopic (exact) mass is 367 g/mol. The molecule has 0 unspecified atom stereocenters. The van der Waals surface area contributed by atoms with Gasteiger partial charge in [0.25, 0.3) is 5.91 Å². The van der Waals surface area contributed by atoms with Crippen LogP contribution in [0, 0.1) is 5.92 Å². The number of amides is 1. The van der Waals surface area contributed by atoms with E-state index >= 15 is 0 Å². The van der Waals surface area contributed by atoms with Crippen LogP contribution in [0.3, 0.4) is 0 Å². The topological polar surface area (TPSA) is 90.4 Å². The van der Waals surface area contributed by atoms with Crippen molar-refractivity contribution in [3.05, 3.63) is 47.3 Å². The number of aromatic nitrogens is 2. The van der Waals surface area contributed by atoms with E-state index in [-0.39, 0.29) is 23.6 Å². The molecule has 7 nitrogen and oxygen atoms in total. The fourth-order valence-electron chi connectivity index (χ4n) is 2.97. The van der Waals surface area contributed by atoms with Gasteiger partial charge >= 0.3 is 0 Å². The summed E-state index contributed by atoms with van der Waals surface area (Å²) < 4.78 is 10.4. The molecular formula is C20H21N3O4. The van der Waals surface area contributed by atoms with Crippen LogP contribution in [0.25, 0.3) is 6.08 Å². The molecule has 0 radical (unpaired) electrons. The number of Topliss-reactive ketones (excluding diaryl/α,β-unsaturated/α-hetero) is 1. The van der Waals surface area contributed by atoms with Crippen LogP contribution in [0.15, 0.2) is 30.5 Å². The zero-order valence-electron chi connectivity index (χ0n) is 15.5. The first-order valence-corrected chi connectivity index (χ1v) is 8.60. The predicted molar refractivity (Wildman–Crippen MR) is 101 cm³/mol. The number of rotatable bonds is 5. The smallest absolute Gasteiger partial charge is 0.250 e. The van der Waals surface area contributed by atoms with Crippen molar-refractivity contribution in [3.8, 4) is 11.5 Å². The first-order chi connectivity index (χ1) is 13.0. The molecular weight excluding hydrogens is 346 g/mol. The Bertz CT molecular complexity index is 908. The molecule has 1 heterocycles. The SMILES string of the molecule is COc1ccc(/C=C/C(=O)Nc2ncc3c(n2)C[C@H](C)CC3=O)cc1OC. The lowest BCUT2D eigenvalue weighted by Gasteiger charge is -2.19. The summed E-state index contributed by atoms with van der Waals surface area (Å²) in [5, 5.41) is 2.63. The second-order valence-corrected chi connectivity index (χ2v) is 6.43. The Morgan fingerprint density at radius 3 is 2.74 bits per heavy atom. The molecule has 7 heteroatoms. The van der Waals surface area contributed by atoms with E-state index in [2.05, 4.69) is 15.3 Å². The fraction of sp³-hybridized carbons (Fsp3) is 0.300. The molecule has 1 N–H and O–H groups in total. The van der Waals surface area contributed by atoms with Crippen molar-refractivity contribution in [2.45, 2.75) is 19.8 Å². The minimum Gasteiger partial charge on any atom is -0.493 e. The van der Waals surface area contributed by atoms with Crippen molar-refractivity contribution < 1.29 is 19.1 Å². The van der Waals surface area contributed by atoms with Crippen LogP contribution in [0.2, 0.25) is 0 Å². The van der Waals surface area contributed by atoms with E-state index in [1.165, 1.54) is 12.3 Å². The number of nitrogens with zero attached hydrogens (tertiary/aromatic N) is 2. The maximum absolute atomic E-state index is 12.2. The van der Waals surface area contributed by atoms with Gasteiger partial charge in [0.05, 0.1) is 25.5 Å². The lowest BCUT2D eigenvalue weighted by atomic mass is 9.88. The van der Waals surface area contributed by atoms with Crippen LogP contribution in [0.4, 0.5) is 5.95 Å². The third kappa shape index (κ3) is 4.31. The van der Waals surface area contributed by atoms with E-state index in [9.17, 15) is 9.59 Å². The van der Waals surface area contributed by atoms with Gasteiger partial charge in [-0.2, -0.15) is 0 Å². The number of methoxy groups -OCH3 is 2. The van der Waals surface area contributed by atoms with Gasteiger partial charge in [-0.05, 0) is 36.1 Å². The number of anilines is 1. The lowest BCUT2D eigenvalue weighted by molar-refractivity contribution is -0.111. The van der Waals surface area contributed by atoms with Crippen molar-refractivity contribution in [3.63, 3.8) is 0 Å². The average molecular weight is 367 g/mol. The summed E-state index contributed by atoms with van der Waals surface area (Å²) in [7, 11) is 3.12. The van der Waals surface area contributed by atoms with E-state index in [0.29, 0.717) is 35.6 Å². The molecule has 1 amide bonds. The zero-order chi connectivity index (χ0) is 19.4. The summed E-state index contributed by atoms with van der Waals surface area (Å²) >= 11 is 0. The van der Waals surface area contributed by atoms with E-state index in [1.807, 2.05) is 13.0 Å². The molecule has 0 saturated carbocycles. The Hall–Kier alpha value is -3.22. The van der Waals surface area contributed by atoms with Gasteiger partial charge < -0.3 is 9.47 Å². The summed E-state index contributed by atoms with van der Waals surface area (Å²) in [6.07, 6.45) is 5.74. The van der Waals surface area contributed by atoms with E-state index < -0.39 is 0 Å².